The number of thiophene rings is 1. The molecule has 6 nitrogen and oxygen atoms in total. The van der Waals surface area contributed by atoms with Crippen LogP contribution in [-0.2, 0) is 0 Å². The standard InChI is InChI=1S/C19H17N5OS/c20-13-19(10-4-5-11-19)22-18(25)16-21-17(15-9-6-12-26-15)24(23-16)14-7-2-1-3-8-14/h1-3,6-9,12H,4-5,10-11H2,(H,22,25). The van der Waals surface area contributed by atoms with Crippen LogP contribution in [0, 0.1) is 11.3 Å². The van der Waals surface area contributed by atoms with Gasteiger partial charge in [0.15, 0.2) is 5.82 Å². The fourth-order valence-electron chi connectivity index (χ4n) is 3.24. The van der Waals surface area contributed by atoms with Crippen LogP contribution in [0.25, 0.3) is 16.4 Å². The van der Waals surface area contributed by atoms with Crippen molar-refractivity contribution in [1.82, 2.24) is 20.1 Å². The maximum Gasteiger partial charge on any atom is 0.292 e. The van der Waals surface area contributed by atoms with E-state index in [9.17, 15) is 10.1 Å². The Balaban J connectivity index is 1.72. The predicted octanol–water partition coefficient (Wildman–Crippen LogP) is 3.56. The zero-order valence-electron chi connectivity index (χ0n) is 14.1. The molecule has 1 N–H and O–H groups in total. The van der Waals surface area contributed by atoms with Crippen LogP contribution in [-0.4, -0.2) is 26.2 Å². The molecule has 0 radical (unpaired) electrons. The summed E-state index contributed by atoms with van der Waals surface area (Å²) in [5.41, 5.74) is 0.0385. The number of nitrogens with zero attached hydrogens (tertiary/aromatic N) is 4. The lowest BCUT2D eigenvalue weighted by molar-refractivity contribution is 0.0910. The lowest BCUT2D eigenvalue weighted by Crippen LogP contribution is -2.45. The Morgan fingerprint density at radius 1 is 1.19 bits per heavy atom. The highest BCUT2D eigenvalue weighted by molar-refractivity contribution is 7.13. The van der Waals surface area contributed by atoms with Crippen LogP contribution < -0.4 is 5.32 Å². The molecule has 0 aliphatic heterocycles. The number of amides is 1. The number of carbonyl (C=O) groups excluding carboxylic acids is 1. The van der Waals surface area contributed by atoms with Crippen molar-refractivity contribution in [2.45, 2.75) is 31.2 Å². The Bertz CT molecular complexity index is 950. The van der Waals surface area contributed by atoms with Crippen LogP contribution in [0.5, 0.6) is 0 Å². The Morgan fingerprint density at radius 3 is 2.62 bits per heavy atom. The van der Waals surface area contributed by atoms with Gasteiger partial charge in [0, 0.05) is 0 Å². The second-order valence-corrected chi connectivity index (χ2v) is 7.29. The quantitative estimate of drug-likeness (QED) is 0.768. The fourth-order valence-corrected chi connectivity index (χ4v) is 3.94. The summed E-state index contributed by atoms with van der Waals surface area (Å²) in [4.78, 5) is 18.1. The van der Waals surface area contributed by atoms with Gasteiger partial charge in [0.25, 0.3) is 5.91 Å². The molecule has 4 rings (SSSR count). The van der Waals surface area contributed by atoms with Crippen molar-refractivity contribution in [2.24, 2.45) is 0 Å². The first-order valence-corrected chi connectivity index (χ1v) is 9.39. The minimum atomic E-state index is -0.793. The number of hydrogen-bond donors (Lipinski definition) is 1. The minimum Gasteiger partial charge on any atom is -0.331 e. The summed E-state index contributed by atoms with van der Waals surface area (Å²) >= 11 is 1.54. The Morgan fingerprint density at radius 2 is 1.96 bits per heavy atom. The maximum atomic E-state index is 12.7. The van der Waals surface area contributed by atoms with Crippen LogP contribution in [0.3, 0.4) is 0 Å². The van der Waals surface area contributed by atoms with Crippen molar-refractivity contribution in [3.05, 3.63) is 53.7 Å². The molecule has 130 valence electrons. The average Bonchev–Trinajstić information content (AvgIpc) is 3.42. The average molecular weight is 363 g/mol. The van der Waals surface area contributed by atoms with Gasteiger partial charge in [0.1, 0.15) is 5.54 Å². The molecular formula is C19H17N5OS. The van der Waals surface area contributed by atoms with E-state index in [0.717, 1.165) is 23.4 Å². The number of nitrogens with one attached hydrogen (secondary N) is 1. The molecule has 2 heterocycles. The third-order valence-electron chi connectivity index (χ3n) is 4.58. The topological polar surface area (TPSA) is 83.6 Å². The second-order valence-electron chi connectivity index (χ2n) is 6.34. The molecule has 3 aromatic rings. The molecule has 0 spiro atoms. The van der Waals surface area contributed by atoms with Gasteiger partial charge in [0.2, 0.25) is 5.82 Å². The summed E-state index contributed by atoms with van der Waals surface area (Å²) in [6.07, 6.45) is 3.24. The van der Waals surface area contributed by atoms with Crippen LogP contribution in [0.15, 0.2) is 47.8 Å². The molecule has 0 atom stereocenters. The number of rotatable bonds is 4. The van der Waals surface area contributed by atoms with Gasteiger partial charge in [-0.05, 0) is 49.3 Å². The van der Waals surface area contributed by atoms with Crippen molar-refractivity contribution < 1.29 is 4.79 Å². The van der Waals surface area contributed by atoms with Crippen molar-refractivity contribution >= 4 is 17.2 Å². The predicted molar refractivity (Wildman–Crippen MR) is 99.0 cm³/mol. The lowest BCUT2D eigenvalue weighted by Gasteiger charge is -2.20. The maximum absolute atomic E-state index is 12.7. The highest BCUT2D eigenvalue weighted by Gasteiger charge is 2.36. The monoisotopic (exact) mass is 363 g/mol. The summed E-state index contributed by atoms with van der Waals surface area (Å²) in [7, 11) is 0. The molecule has 1 saturated carbocycles. The molecule has 0 saturated heterocycles. The van der Waals surface area contributed by atoms with Gasteiger partial charge in [-0.2, -0.15) is 5.26 Å². The van der Waals surface area contributed by atoms with Crippen molar-refractivity contribution in [2.75, 3.05) is 0 Å². The molecule has 7 heteroatoms. The number of hydrogen-bond acceptors (Lipinski definition) is 5. The molecule has 1 aromatic carbocycles. The van der Waals surface area contributed by atoms with Crippen molar-refractivity contribution in [3.8, 4) is 22.5 Å². The third-order valence-corrected chi connectivity index (χ3v) is 5.44. The van der Waals surface area contributed by atoms with Crippen molar-refractivity contribution in [3.63, 3.8) is 0 Å². The van der Waals surface area contributed by atoms with Crippen LogP contribution in [0.1, 0.15) is 36.3 Å². The SMILES string of the molecule is N#CC1(NC(=O)c2nc(-c3cccs3)n(-c3ccccc3)n2)CCCC1. The normalized spacial score (nSPS) is 15.5. The number of para-hydroxylation sites is 1. The molecule has 1 aliphatic rings. The zero-order chi connectivity index (χ0) is 18.0. The number of aromatic nitrogens is 3. The van der Waals surface area contributed by atoms with E-state index < -0.39 is 11.4 Å². The van der Waals surface area contributed by atoms with E-state index in [0.29, 0.717) is 18.7 Å². The van der Waals surface area contributed by atoms with Gasteiger partial charge in [-0.25, -0.2) is 9.67 Å². The Kier molecular flexibility index (Phi) is 4.27. The minimum absolute atomic E-state index is 0.0822. The molecule has 0 unspecified atom stereocenters. The fraction of sp³-hybridized carbons (Fsp3) is 0.263. The summed E-state index contributed by atoms with van der Waals surface area (Å²) in [5, 5.41) is 18.7. The summed E-state index contributed by atoms with van der Waals surface area (Å²) < 4.78 is 1.68. The third kappa shape index (κ3) is 3.00. The number of carbonyl (C=O) groups is 1. The van der Waals surface area contributed by atoms with Gasteiger partial charge < -0.3 is 5.32 Å². The summed E-state index contributed by atoms with van der Waals surface area (Å²) in [6, 6.07) is 15.7. The number of nitriles is 1. The summed E-state index contributed by atoms with van der Waals surface area (Å²) in [6.45, 7) is 0. The molecule has 26 heavy (non-hydrogen) atoms. The van der Waals surface area contributed by atoms with E-state index in [1.54, 1.807) is 4.68 Å². The number of benzene rings is 1. The highest BCUT2D eigenvalue weighted by Crippen LogP contribution is 2.30. The highest BCUT2D eigenvalue weighted by atomic mass is 32.1. The molecule has 1 fully saturated rings. The van der Waals surface area contributed by atoms with Gasteiger partial charge in [-0.3, -0.25) is 4.79 Å². The van der Waals surface area contributed by atoms with Crippen LogP contribution in [0.4, 0.5) is 0 Å². The van der Waals surface area contributed by atoms with E-state index in [2.05, 4.69) is 21.5 Å². The smallest absolute Gasteiger partial charge is 0.292 e. The molecule has 0 bridgehead atoms. The first-order chi connectivity index (χ1) is 12.7. The Labute approximate surface area is 155 Å². The lowest BCUT2D eigenvalue weighted by atomic mass is 10.00. The van der Waals surface area contributed by atoms with E-state index in [1.807, 2.05) is 47.8 Å². The first kappa shape index (κ1) is 16.5. The van der Waals surface area contributed by atoms with Crippen LogP contribution in [0.2, 0.25) is 0 Å². The van der Waals surface area contributed by atoms with E-state index in [1.165, 1.54) is 11.3 Å². The first-order valence-electron chi connectivity index (χ1n) is 8.51. The molecule has 1 aliphatic carbocycles. The molecule has 1 amide bonds. The Hall–Kier alpha value is -2.98. The van der Waals surface area contributed by atoms with E-state index >= 15 is 0 Å². The van der Waals surface area contributed by atoms with Gasteiger partial charge in [-0.1, -0.05) is 24.3 Å². The zero-order valence-corrected chi connectivity index (χ0v) is 14.9. The van der Waals surface area contributed by atoms with Crippen molar-refractivity contribution in [1.29, 1.82) is 5.26 Å². The summed E-state index contributed by atoms with van der Waals surface area (Å²) in [5.74, 6) is 0.300. The van der Waals surface area contributed by atoms with Gasteiger partial charge in [-0.15, -0.1) is 16.4 Å². The second kappa shape index (κ2) is 6.73. The van der Waals surface area contributed by atoms with E-state index in [-0.39, 0.29) is 5.82 Å². The van der Waals surface area contributed by atoms with Crippen LogP contribution >= 0.6 is 11.3 Å². The largest absolute Gasteiger partial charge is 0.331 e. The van der Waals surface area contributed by atoms with Gasteiger partial charge in [0.05, 0.1) is 16.6 Å². The molecule has 2 aromatic heterocycles. The van der Waals surface area contributed by atoms with Gasteiger partial charge >= 0.3 is 0 Å². The van der Waals surface area contributed by atoms with E-state index in [4.69, 9.17) is 0 Å². The molecular weight excluding hydrogens is 346 g/mol.